The van der Waals surface area contributed by atoms with E-state index in [1.54, 1.807) is 0 Å². The van der Waals surface area contributed by atoms with E-state index < -0.39 is 5.54 Å². The molecule has 290 valence electrons. The molecule has 4 heterocycles. The molecule has 0 amide bonds. The number of pyridine rings is 1. The van der Waals surface area contributed by atoms with E-state index in [1.165, 1.54) is 55.5 Å². The Balaban J connectivity index is 1.12. The summed E-state index contributed by atoms with van der Waals surface area (Å²) in [6, 6.07) is 46.3. The molecule has 0 N–H and O–H groups in total. The minimum absolute atomic E-state index is 0.220. The number of hydrogen-bond acceptors (Lipinski definition) is 4. The molecular formula is C54H48N4O. The maximum Gasteiger partial charge on any atom is 0.145 e. The molecule has 2 atom stereocenters. The van der Waals surface area contributed by atoms with Crippen LogP contribution >= 0.6 is 0 Å². The summed E-state index contributed by atoms with van der Waals surface area (Å²) in [5.41, 5.74) is 16.8. The van der Waals surface area contributed by atoms with Crippen LogP contribution < -0.4 is 9.64 Å². The molecule has 8 aromatic rings. The van der Waals surface area contributed by atoms with Crippen molar-refractivity contribution in [2.24, 2.45) is 4.99 Å². The second kappa shape index (κ2) is 12.3. The fourth-order valence-corrected chi connectivity index (χ4v) is 11.0. The zero-order chi connectivity index (χ0) is 40.6. The van der Waals surface area contributed by atoms with E-state index in [9.17, 15) is 0 Å². The number of fused-ring (bicyclic) bond motifs is 8. The largest absolute Gasteiger partial charge is 0.457 e. The normalized spacial score (nSPS) is 19.8. The van der Waals surface area contributed by atoms with Gasteiger partial charge < -0.3 is 9.64 Å². The zero-order valence-corrected chi connectivity index (χ0v) is 35.1. The summed E-state index contributed by atoms with van der Waals surface area (Å²) in [5.74, 6) is 2.56. The molecule has 2 aliphatic heterocycles. The van der Waals surface area contributed by atoms with Gasteiger partial charge in [0.05, 0.1) is 16.7 Å². The first kappa shape index (κ1) is 35.7. The van der Waals surface area contributed by atoms with Gasteiger partial charge in [0, 0.05) is 39.7 Å². The van der Waals surface area contributed by atoms with Crippen LogP contribution in [0.5, 0.6) is 11.5 Å². The summed E-state index contributed by atoms with van der Waals surface area (Å²) < 4.78 is 9.53. The van der Waals surface area contributed by atoms with Gasteiger partial charge in [0.15, 0.2) is 0 Å². The van der Waals surface area contributed by atoms with Crippen LogP contribution in [0.4, 0.5) is 5.69 Å². The Labute approximate surface area is 346 Å². The van der Waals surface area contributed by atoms with Crippen LogP contribution in [0.2, 0.25) is 0 Å². The van der Waals surface area contributed by atoms with Gasteiger partial charge in [-0.1, -0.05) is 104 Å². The smallest absolute Gasteiger partial charge is 0.145 e. The van der Waals surface area contributed by atoms with Gasteiger partial charge in [-0.2, -0.15) is 0 Å². The van der Waals surface area contributed by atoms with Gasteiger partial charge in [-0.3, -0.25) is 9.56 Å². The van der Waals surface area contributed by atoms with Crippen molar-refractivity contribution in [1.29, 1.82) is 0 Å². The molecule has 0 spiro atoms. The molecule has 11 rings (SSSR count). The zero-order valence-electron chi connectivity index (χ0n) is 35.1. The highest BCUT2D eigenvalue weighted by atomic mass is 16.5. The Kier molecular flexibility index (Phi) is 7.43. The quantitative estimate of drug-likeness (QED) is 0.175. The number of amidine groups is 1. The number of para-hydroxylation sites is 1. The predicted octanol–water partition coefficient (Wildman–Crippen LogP) is 13.0. The molecule has 0 fully saturated rings. The fourth-order valence-electron chi connectivity index (χ4n) is 11.0. The lowest BCUT2D eigenvalue weighted by Crippen LogP contribution is -2.54. The third-order valence-corrected chi connectivity index (χ3v) is 13.9. The van der Waals surface area contributed by atoms with Crippen LogP contribution in [0.15, 0.2) is 139 Å². The van der Waals surface area contributed by atoms with Crippen molar-refractivity contribution < 1.29 is 4.74 Å². The van der Waals surface area contributed by atoms with Crippen LogP contribution in [-0.2, 0) is 17.4 Å². The van der Waals surface area contributed by atoms with Crippen LogP contribution in [0.3, 0.4) is 0 Å². The third kappa shape index (κ3) is 4.91. The number of benzene rings is 6. The molecule has 5 nitrogen and oxygen atoms in total. The van der Waals surface area contributed by atoms with Gasteiger partial charge in [-0.15, -0.1) is 0 Å². The van der Waals surface area contributed by atoms with Crippen LogP contribution in [0.1, 0.15) is 77.8 Å². The number of aliphatic imine (C=N–C) groups is 1. The summed E-state index contributed by atoms with van der Waals surface area (Å²) in [5, 5.41) is 2.38. The molecule has 0 radical (unpaired) electrons. The van der Waals surface area contributed by atoms with E-state index in [4.69, 9.17) is 14.7 Å². The summed E-state index contributed by atoms with van der Waals surface area (Å²) in [7, 11) is 0. The number of hydrogen-bond donors (Lipinski definition) is 0. The van der Waals surface area contributed by atoms with Gasteiger partial charge in [0.2, 0.25) is 0 Å². The van der Waals surface area contributed by atoms with Crippen molar-refractivity contribution in [3.63, 3.8) is 0 Å². The van der Waals surface area contributed by atoms with E-state index in [1.807, 2.05) is 12.3 Å². The number of rotatable bonds is 5. The Hall–Kier alpha value is -6.46. The Morgan fingerprint density at radius 2 is 1.32 bits per heavy atom. The van der Waals surface area contributed by atoms with Crippen molar-refractivity contribution >= 4 is 33.5 Å². The molecule has 1 aliphatic carbocycles. The SMILES string of the molecule is Cc1cc(C)c(N2C(c3cc(Oc4cc5c(cc4C)C(C)(C)c4cccc6c7cccnc7n-5c46)cc(-c4ccccc4)c3)=N[C@]3(C)c4ccccc4C[C@]23C)c(C)c1. The Morgan fingerprint density at radius 3 is 2.12 bits per heavy atom. The number of aromatic nitrogens is 2. The molecule has 0 unspecified atom stereocenters. The number of ether oxygens (including phenoxy) is 1. The first-order valence-corrected chi connectivity index (χ1v) is 20.9. The predicted molar refractivity (Wildman–Crippen MR) is 243 cm³/mol. The minimum atomic E-state index is -0.469. The van der Waals surface area contributed by atoms with Gasteiger partial charge in [-0.25, -0.2) is 4.98 Å². The van der Waals surface area contributed by atoms with E-state index >= 15 is 0 Å². The maximum absolute atomic E-state index is 7.18. The van der Waals surface area contributed by atoms with E-state index in [2.05, 4.69) is 186 Å². The van der Waals surface area contributed by atoms with Crippen LogP contribution in [0.25, 0.3) is 38.8 Å². The number of nitrogens with zero attached hydrogens (tertiary/aromatic N) is 4. The number of aryl methyl sites for hydroxylation is 4. The summed E-state index contributed by atoms with van der Waals surface area (Å²) in [6.07, 6.45) is 2.79. The van der Waals surface area contributed by atoms with Crippen LogP contribution in [0, 0.1) is 27.7 Å². The Bertz CT molecular complexity index is 3090. The first-order valence-electron chi connectivity index (χ1n) is 20.9. The van der Waals surface area contributed by atoms with E-state index in [0.29, 0.717) is 0 Å². The first-order chi connectivity index (χ1) is 28.4. The highest BCUT2D eigenvalue weighted by molar-refractivity contribution is 6.15. The van der Waals surface area contributed by atoms with Crippen molar-refractivity contribution in [3.05, 3.63) is 184 Å². The average Bonchev–Trinajstić information content (AvgIpc) is 3.76. The molecule has 59 heavy (non-hydrogen) atoms. The second-order valence-electron chi connectivity index (χ2n) is 18.1. The van der Waals surface area contributed by atoms with Gasteiger partial charge in [0.25, 0.3) is 0 Å². The Morgan fingerprint density at radius 1 is 0.610 bits per heavy atom. The average molecular weight is 769 g/mol. The van der Waals surface area contributed by atoms with Crippen molar-refractivity contribution in [2.75, 3.05) is 4.90 Å². The second-order valence-corrected chi connectivity index (χ2v) is 18.1. The molecular weight excluding hydrogens is 721 g/mol. The maximum atomic E-state index is 7.18. The lowest BCUT2D eigenvalue weighted by atomic mass is 9.74. The van der Waals surface area contributed by atoms with Crippen molar-refractivity contribution in [2.45, 2.75) is 78.3 Å². The number of anilines is 1. The molecule has 0 saturated carbocycles. The van der Waals surface area contributed by atoms with E-state index in [-0.39, 0.29) is 11.0 Å². The molecule has 0 bridgehead atoms. The standard InChI is InChI=1S/C54H48N4O/c1-32-24-34(3)48(35(4)25-32)58-50(56-54(8)43-21-13-12-18-37(43)31-53(54,58)7)39-27-38(36-16-10-9-11-17-36)28-40(29-39)59-47-30-46-45(26-33(47)2)52(5,6)44-22-14-19-41-42-20-15-23-55-51(42)57(46)49(41)44/h9-30H,31H2,1-8H3/t53-,54+/m0/s1. The molecule has 5 heteroatoms. The fraction of sp³-hybridized carbons (Fsp3) is 0.222. The summed E-state index contributed by atoms with van der Waals surface area (Å²) in [6.45, 7) is 18.3. The van der Waals surface area contributed by atoms with E-state index in [0.717, 1.165) is 62.7 Å². The van der Waals surface area contributed by atoms with Gasteiger partial charge >= 0.3 is 0 Å². The highest BCUT2D eigenvalue weighted by Gasteiger charge is 2.61. The monoisotopic (exact) mass is 768 g/mol. The molecule has 2 aromatic heterocycles. The summed E-state index contributed by atoms with van der Waals surface area (Å²) in [4.78, 5) is 13.4. The molecule has 6 aromatic carbocycles. The van der Waals surface area contributed by atoms with Crippen molar-refractivity contribution in [3.8, 4) is 28.3 Å². The van der Waals surface area contributed by atoms with Gasteiger partial charge in [-0.05, 0) is 134 Å². The lowest BCUT2D eigenvalue weighted by molar-refractivity contribution is 0.321. The van der Waals surface area contributed by atoms with Crippen LogP contribution in [-0.4, -0.2) is 20.9 Å². The summed E-state index contributed by atoms with van der Waals surface area (Å²) >= 11 is 0. The third-order valence-electron chi connectivity index (χ3n) is 13.9. The highest BCUT2D eigenvalue weighted by Crippen LogP contribution is 2.57. The molecule has 0 saturated heterocycles. The minimum Gasteiger partial charge on any atom is -0.457 e. The van der Waals surface area contributed by atoms with Crippen molar-refractivity contribution in [1.82, 2.24) is 9.55 Å². The lowest BCUT2D eigenvalue weighted by Gasteiger charge is -2.43. The topological polar surface area (TPSA) is 42.6 Å². The molecule has 3 aliphatic rings. The van der Waals surface area contributed by atoms with Gasteiger partial charge in [0.1, 0.15) is 28.5 Å².